The van der Waals surface area contributed by atoms with Crippen LogP contribution in [0.5, 0.6) is 0 Å². The van der Waals surface area contributed by atoms with Crippen molar-refractivity contribution in [2.75, 3.05) is 4.90 Å². The Kier molecular flexibility index (Phi) is 8.47. The SMILES string of the molecule is c1ccc(-c2ccc(N(c3ccc(-c4ccccc4)cc3)c3cccc4c3-c3ccccc3C43c4ccccc4-c4cc(-c5cccc(-c6ccccc6)c5)ccc43)cc2)cc1. The van der Waals surface area contributed by atoms with Crippen LogP contribution in [-0.4, -0.2) is 0 Å². The lowest BCUT2D eigenvalue weighted by atomic mass is 9.70. The van der Waals surface area contributed by atoms with E-state index in [4.69, 9.17) is 0 Å². The highest BCUT2D eigenvalue weighted by Gasteiger charge is 2.52. The topological polar surface area (TPSA) is 3.24 Å². The van der Waals surface area contributed by atoms with Gasteiger partial charge in [0.1, 0.15) is 0 Å². The Morgan fingerprint density at radius 2 is 0.629 bits per heavy atom. The maximum atomic E-state index is 2.46. The maximum absolute atomic E-state index is 2.46. The molecule has 290 valence electrons. The predicted molar refractivity (Wildman–Crippen MR) is 259 cm³/mol. The fourth-order valence-electron chi connectivity index (χ4n) is 10.3. The molecule has 0 amide bonds. The molecule has 10 aromatic carbocycles. The third kappa shape index (κ3) is 5.63. The Morgan fingerprint density at radius 1 is 0.242 bits per heavy atom. The summed E-state index contributed by atoms with van der Waals surface area (Å²) in [5.41, 5.74) is 23.0. The lowest BCUT2D eigenvalue weighted by molar-refractivity contribution is 0.794. The third-order valence-electron chi connectivity index (χ3n) is 13.1. The van der Waals surface area contributed by atoms with Crippen LogP contribution >= 0.6 is 0 Å². The van der Waals surface area contributed by atoms with Crippen LogP contribution in [0.2, 0.25) is 0 Å². The van der Waals surface area contributed by atoms with Crippen molar-refractivity contribution in [1.82, 2.24) is 0 Å². The van der Waals surface area contributed by atoms with Gasteiger partial charge in [0.15, 0.2) is 0 Å². The molecule has 0 saturated carbocycles. The summed E-state index contributed by atoms with van der Waals surface area (Å²) in [5, 5.41) is 0. The molecule has 1 unspecified atom stereocenters. The average molecular weight is 788 g/mol. The van der Waals surface area contributed by atoms with Crippen molar-refractivity contribution in [1.29, 1.82) is 0 Å². The van der Waals surface area contributed by atoms with E-state index in [0.29, 0.717) is 0 Å². The first-order valence-electron chi connectivity index (χ1n) is 21.5. The minimum Gasteiger partial charge on any atom is -0.310 e. The van der Waals surface area contributed by atoms with Gasteiger partial charge in [-0.3, -0.25) is 0 Å². The second-order valence-electron chi connectivity index (χ2n) is 16.4. The van der Waals surface area contributed by atoms with Crippen LogP contribution in [0, 0.1) is 0 Å². The van der Waals surface area contributed by atoms with Crippen molar-refractivity contribution in [3.05, 3.63) is 271 Å². The lowest BCUT2D eigenvalue weighted by Gasteiger charge is -2.32. The molecule has 0 N–H and O–H groups in total. The van der Waals surface area contributed by atoms with Crippen molar-refractivity contribution in [2.24, 2.45) is 0 Å². The van der Waals surface area contributed by atoms with Crippen LogP contribution in [0.25, 0.3) is 66.8 Å². The Labute approximate surface area is 363 Å². The van der Waals surface area contributed by atoms with Crippen LogP contribution in [0.4, 0.5) is 17.1 Å². The molecule has 10 aromatic rings. The molecule has 0 saturated heterocycles. The van der Waals surface area contributed by atoms with Crippen molar-refractivity contribution in [2.45, 2.75) is 5.41 Å². The van der Waals surface area contributed by atoms with Gasteiger partial charge in [-0.25, -0.2) is 0 Å². The van der Waals surface area contributed by atoms with Gasteiger partial charge in [-0.15, -0.1) is 0 Å². The van der Waals surface area contributed by atoms with Crippen molar-refractivity contribution in [3.63, 3.8) is 0 Å². The molecule has 0 bridgehead atoms. The number of fused-ring (bicyclic) bond motifs is 10. The zero-order chi connectivity index (χ0) is 41.0. The van der Waals surface area contributed by atoms with Gasteiger partial charge in [-0.1, -0.05) is 206 Å². The molecule has 2 aliphatic rings. The van der Waals surface area contributed by atoms with Gasteiger partial charge in [0.05, 0.1) is 11.1 Å². The molecule has 1 spiro atoms. The number of nitrogens with zero attached hydrogens (tertiary/aromatic N) is 1. The number of hydrogen-bond donors (Lipinski definition) is 0. The second-order valence-corrected chi connectivity index (χ2v) is 16.4. The minimum absolute atomic E-state index is 0.488. The summed E-state index contributed by atoms with van der Waals surface area (Å²) in [7, 11) is 0. The monoisotopic (exact) mass is 787 g/mol. The van der Waals surface area contributed by atoms with Crippen molar-refractivity contribution in [3.8, 4) is 66.8 Å². The Hall–Kier alpha value is -8.00. The van der Waals surface area contributed by atoms with Gasteiger partial charge in [-0.2, -0.15) is 0 Å². The molecule has 1 heteroatoms. The van der Waals surface area contributed by atoms with E-state index in [0.717, 1.165) is 17.1 Å². The zero-order valence-corrected chi connectivity index (χ0v) is 34.1. The Balaban J connectivity index is 1.05. The number of benzene rings is 10. The van der Waals surface area contributed by atoms with Gasteiger partial charge in [0.25, 0.3) is 0 Å². The first-order chi connectivity index (χ1) is 30.8. The number of anilines is 3. The van der Waals surface area contributed by atoms with Gasteiger partial charge in [-0.05, 0) is 126 Å². The van der Waals surface area contributed by atoms with Gasteiger partial charge >= 0.3 is 0 Å². The minimum atomic E-state index is -0.488. The van der Waals surface area contributed by atoms with E-state index in [-0.39, 0.29) is 0 Å². The third-order valence-corrected chi connectivity index (χ3v) is 13.1. The second kappa shape index (κ2) is 14.6. The first-order valence-corrected chi connectivity index (χ1v) is 21.5. The molecule has 1 atom stereocenters. The largest absolute Gasteiger partial charge is 0.310 e. The smallest absolute Gasteiger partial charge is 0.0726 e. The molecular weight excluding hydrogens is 747 g/mol. The molecule has 0 radical (unpaired) electrons. The Morgan fingerprint density at radius 3 is 1.23 bits per heavy atom. The van der Waals surface area contributed by atoms with Gasteiger partial charge in [0.2, 0.25) is 0 Å². The van der Waals surface area contributed by atoms with Crippen LogP contribution in [-0.2, 0) is 5.41 Å². The predicted octanol–water partition coefficient (Wildman–Crippen LogP) is 16.2. The maximum Gasteiger partial charge on any atom is 0.0726 e. The van der Waals surface area contributed by atoms with Crippen LogP contribution < -0.4 is 4.90 Å². The summed E-state index contributed by atoms with van der Waals surface area (Å²) in [6.07, 6.45) is 0. The fourth-order valence-corrected chi connectivity index (χ4v) is 10.3. The zero-order valence-electron chi connectivity index (χ0n) is 34.1. The highest BCUT2D eigenvalue weighted by Crippen LogP contribution is 2.65. The van der Waals surface area contributed by atoms with E-state index in [2.05, 4.69) is 254 Å². The fraction of sp³-hybridized carbons (Fsp3) is 0.0164. The number of hydrogen-bond acceptors (Lipinski definition) is 1. The summed E-state index contributed by atoms with van der Waals surface area (Å²) in [5.74, 6) is 0. The van der Waals surface area contributed by atoms with Crippen LogP contribution in [0.15, 0.2) is 249 Å². The molecule has 0 heterocycles. The molecule has 1 nitrogen and oxygen atoms in total. The highest BCUT2D eigenvalue weighted by atomic mass is 15.1. The van der Waals surface area contributed by atoms with E-state index in [1.807, 2.05) is 0 Å². The normalized spacial score (nSPS) is 14.2. The Bertz CT molecular complexity index is 3180. The van der Waals surface area contributed by atoms with E-state index < -0.39 is 5.41 Å². The summed E-state index contributed by atoms with van der Waals surface area (Å²) < 4.78 is 0. The van der Waals surface area contributed by atoms with E-state index in [9.17, 15) is 0 Å². The van der Waals surface area contributed by atoms with E-state index in [1.54, 1.807) is 0 Å². The summed E-state index contributed by atoms with van der Waals surface area (Å²) in [6, 6.07) is 91.4. The van der Waals surface area contributed by atoms with Crippen LogP contribution in [0.1, 0.15) is 22.3 Å². The molecule has 0 aliphatic heterocycles. The van der Waals surface area contributed by atoms with Crippen LogP contribution in [0.3, 0.4) is 0 Å². The lowest BCUT2D eigenvalue weighted by Crippen LogP contribution is -2.26. The number of rotatable bonds is 7. The average Bonchev–Trinajstić information content (AvgIpc) is 3.83. The molecule has 2 aliphatic carbocycles. The van der Waals surface area contributed by atoms with Crippen molar-refractivity contribution >= 4 is 17.1 Å². The van der Waals surface area contributed by atoms with Gasteiger partial charge in [0, 0.05) is 16.9 Å². The summed E-state index contributed by atoms with van der Waals surface area (Å²) in [4.78, 5) is 2.46. The van der Waals surface area contributed by atoms with E-state index in [1.165, 1.54) is 89.0 Å². The molecule has 0 fully saturated rings. The standard InChI is InChI=1S/C61H41N/c1-4-16-42(17-5-1)45-30-35-50(36-31-45)62(51-37-32-46(33-38-51)43-18-6-2-7-19-43)59-29-15-28-58-60(59)53-25-11-13-27-56(53)61(58)55-26-12-10-24-52(55)54-41-49(34-39-57(54)61)48-23-14-22-47(40-48)44-20-8-3-9-21-44/h1-41H. The molecule has 0 aromatic heterocycles. The highest BCUT2D eigenvalue weighted by molar-refractivity contribution is 6.01. The quantitative estimate of drug-likeness (QED) is 0.155. The summed E-state index contributed by atoms with van der Waals surface area (Å²) in [6.45, 7) is 0. The van der Waals surface area contributed by atoms with E-state index >= 15 is 0 Å². The summed E-state index contributed by atoms with van der Waals surface area (Å²) >= 11 is 0. The van der Waals surface area contributed by atoms with Gasteiger partial charge < -0.3 is 4.90 Å². The molecule has 12 rings (SSSR count). The first kappa shape index (κ1) is 35.9. The molecule has 62 heavy (non-hydrogen) atoms. The molecular formula is C61H41N. The van der Waals surface area contributed by atoms with Crippen molar-refractivity contribution < 1.29 is 0 Å².